The van der Waals surface area contributed by atoms with E-state index in [1.807, 2.05) is 25.1 Å². The van der Waals surface area contributed by atoms with Crippen LogP contribution in [0.4, 0.5) is 0 Å². The van der Waals surface area contributed by atoms with Crippen LogP contribution in [0.5, 0.6) is 0 Å². The summed E-state index contributed by atoms with van der Waals surface area (Å²) in [5, 5.41) is 0. The van der Waals surface area contributed by atoms with Gasteiger partial charge < -0.3 is 0 Å². The van der Waals surface area contributed by atoms with Crippen LogP contribution in [0.1, 0.15) is 27.2 Å². The van der Waals surface area contributed by atoms with E-state index in [1.54, 1.807) is 0 Å². The average Bonchev–Trinajstić information content (AvgIpc) is 2.39. The van der Waals surface area contributed by atoms with Gasteiger partial charge in [0.15, 0.2) is 0 Å². The Bertz CT molecular complexity index is 398. The number of esters is 1. The molecule has 0 aliphatic carbocycles. The Kier molecular flexibility index (Phi) is 7.08. The molecule has 3 heteroatoms. The molecular weight excluding hydrogens is 340 g/mol. The second kappa shape index (κ2) is 8.34. The number of allylic oxidation sites excluding steroid dienone is 1. The second-order valence-corrected chi connectivity index (χ2v) is 7.24. The van der Waals surface area contributed by atoms with Crippen LogP contribution in [0.2, 0.25) is 0 Å². The second-order valence-electron chi connectivity index (χ2n) is 4.05. The first-order chi connectivity index (χ1) is 8.67. The monoisotopic (exact) mass is 362 g/mol. The summed E-state index contributed by atoms with van der Waals surface area (Å²) in [4.78, 5) is 11.9. The molecule has 0 saturated carbocycles. The molecule has 0 aliphatic rings. The molecule has 1 atom stereocenters. The summed E-state index contributed by atoms with van der Waals surface area (Å²) in [7, 11) is 0. The zero-order chi connectivity index (χ0) is 13.4. The molecule has 0 aliphatic heterocycles. The van der Waals surface area contributed by atoms with Crippen LogP contribution in [0.15, 0.2) is 40.0 Å². The van der Waals surface area contributed by atoms with E-state index < -0.39 is 20.9 Å². The minimum absolute atomic E-state index is 0.135. The van der Waals surface area contributed by atoms with Crippen LogP contribution in [-0.2, 0) is 9.53 Å². The van der Waals surface area contributed by atoms with E-state index in [0.29, 0.717) is 12.5 Å². The Morgan fingerprint density at radius 2 is 2.00 bits per heavy atom. The first-order valence-corrected chi connectivity index (χ1v) is 8.62. The number of carbonyl (C=O) groups is 1. The van der Waals surface area contributed by atoms with Crippen molar-refractivity contribution >= 4 is 30.5 Å². The van der Waals surface area contributed by atoms with E-state index in [4.69, 9.17) is 4.74 Å². The summed E-state index contributed by atoms with van der Waals surface area (Å²) in [6, 6.07) is 10.2. The van der Waals surface area contributed by atoms with E-state index in [9.17, 15) is 4.79 Å². The summed E-state index contributed by atoms with van der Waals surface area (Å²) < 4.78 is 7.31. The van der Waals surface area contributed by atoms with Gasteiger partial charge in [-0.1, -0.05) is 0 Å². The van der Waals surface area contributed by atoms with Crippen molar-refractivity contribution in [1.82, 2.24) is 0 Å². The third kappa shape index (κ3) is 5.25. The van der Waals surface area contributed by atoms with Gasteiger partial charge in [-0.3, -0.25) is 0 Å². The number of rotatable bonds is 6. The first-order valence-electron chi connectivity index (χ1n) is 6.29. The van der Waals surface area contributed by atoms with E-state index in [0.717, 1.165) is 10.0 Å². The molecule has 2 nitrogen and oxygen atoms in total. The summed E-state index contributed by atoms with van der Waals surface area (Å²) >= 11 is -0.643. The molecule has 1 rings (SSSR count). The molecule has 0 amide bonds. The van der Waals surface area contributed by atoms with E-state index >= 15 is 0 Å². The fraction of sp³-hybridized carbons (Fsp3) is 0.400. The van der Waals surface area contributed by atoms with Crippen LogP contribution < -0.4 is 3.61 Å². The van der Waals surface area contributed by atoms with Crippen molar-refractivity contribution in [3.8, 4) is 0 Å². The molecule has 0 radical (unpaired) electrons. The minimum atomic E-state index is -0.643. The van der Waals surface area contributed by atoms with E-state index in [-0.39, 0.29) is 5.97 Å². The maximum atomic E-state index is 11.9. The molecule has 0 saturated heterocycles. The molecule has 1 aromatic rings. The number of carbonyl (C=O) groups excluding carboxylic acids is 1. The van der Waals surface area contributed by atoms with Crippen LogP contribution in [0.25, 0.3) is 0 Å². The van der Waals surface area contributed by atoms with Crippen LogP contribution in [-0.4, -0.2) is 33.5 Å². The van der Waals surface area contributed by atoms with Gasteiger partial charge in [0.1, 0.15) is 0 Å². The van der Waals surface area contributed by atoms with Crippen molar-refractivity contribution in [2.45, 2.75) is 27.2 Å². The van der Waals surface area contributed by atoms with Gasteiger partial charge >= 0.3 is 120 Å². The summed E-state index contributed by atoms with van der Waals surface area (Å²) in [5.41, 5.74) is 0. The third-order valence-electron chi connectivity index (χ3n) is 2.53. The van der Waals surface area contributed by atoms with E-state index in [2.05, 4.69) is 32.1 Å². The zero-order valence-corrected chi connectivity index (χ0v) is 13.5. The van der Waals surface area contributed by atoms with Crippen LogP contribution in [0.3, 0.4) is 0 Å². The third-order valence-corrected chi connectivity index (χ3v) is 5.47. The van der Waals surface area contributed by atoms with Crippen LogP contribution in [0, 0.1) is 5.92 Å². The number of benzene rings is 1. The molecule has 0 heterocycles. The van der Waals surface area contributed by atoms with Gasteiger partial charge in [0.25, 0.3) is 0 Å². The van der Waals surface area contributed by atoms with E-state index in [1.165, 1.54) is 3.61 Å². The Balaban J connectivity index is 2.84. The molecule has 98 valence electrons. The van der Waals surface area contributed by atoms with Crippen molar-refractivity contribution in [3.05, 3.63) is 40.0 Å². The molecule has 0 N–H and O–H groups in total. The first kappa shape index (κ1) is 15.3. The number of ether oxygens (including phenoxy) is 1. The molecule has 1 unspecified atom stereocenters. The summed E-state index contributed by atoms with van der Waals surface area (Å²) in [5.74, 6) is 0.294. The van der Waals surface area contributed by atoms with Gasteiger partial charge in [-0.25, -0.2) is 0 Å². The number of hydrogen-bond donors (Lipinski definition) is 0. The molecule has 0 fully saturated rings. The molecule has 0 spiro atoms. The molecule has 0 bridgehead atoms. The molecular formula is C15H20O2Te. The van der Waals surface area contributed by atoms with Crippen LogP contribution >= 0.6 is 0 Å². The van der Waals surface area contributed by atoms with Crippen molar-refractivity contribution < 1.29 is 9.53 Å². The van der Waals surface area contributed by atoms with Gasteiger partial charge in [0.2, 0.25) is 0 Å². The SMILES string of the molecule is CCOC(=O)/C(=C/C(C)CC)[Te]c1ccccc1. The Labute approximate surface area is 120 Å². The van der Waals surface area contributed by atoms with Crippen molar-refractivity contribution in [2.75, 3.05) is 6.61 Å². The van der Waals surface area contributed by atoms with Gasteiger partial charge in [0, 0.05) is 0 Å². The quantitative estimate of drug-likeness (QED) is 0.443. The zero-order valence-electron chi connectivity index (χ0n) is 11.2. The Hall–Kier alpha value is -0.780. The molecule has 18 heavy (non-hydrogen) atoms. The molecule has 0 aromatic heterocycles. The predicted octanol–water partition coefficient (Wildman–Crippen LogP) is 2.51. The Morgan fingerprint density at radius 3 is 2.56 bits per heavy atom. The summed E-state index contributed by atoms with van der Waals surface area (Å²) in [6.07, 6.45) is 3.14. The van der Waals surface area contributed by atoms with Crippen molar-refractivity contribution in [2.24, 2.45) is 5.92 Å². The molecule has 1 aromatic carbocycles. The van der Waals surface area contributed by atoms with Gasteiger partial charge in [-0.05, 0) is 0 Å². The topological polar surface area (TPSA) is 26.3 Å². The van der Waals surface area contributed by atoms with Gasteiger partial charge in [-0.15, -0.1) is 0 Å². The summed E-state index contributed by atoms with van der Waals surface area (Å²) in [6.45, 7) is 6.56. The van der Waals surface area contributed by atoms with Crippen molar-refractivity contribution in [3.63, 3.8) is 0 Å². The number of hydrogen-bond acceptors (Lipinski definition) is 2. The standard InChI is InChI=1S/C15H20O2Te/c1-4-12(3)11-14(15(16)17-5-2)18-13-9-7-6-8-10-13/h6-12H,4-5H2,1-3H3/b14-11-. The average molecular weight is 360 g/mol. The van der Waals surface area contributed by atoms with Gasteiger partial charge in [-0.2, -0.15) is 0 Å². The van der Waals surface area contributed by atoms with Crippen molar-refractivity contribution in [1.29, 1.82) is 0 Å². The fourth-order valence-electron chi connectivity index (χ4n) is 1.34. The maximum absolute atomic E-state index is 11.9. The normalized spacial score (nSPS) is 13.2. The Morgan fingerprint density at radius 1 is 1.33 bits per heavy atom. The predicted molar refractivity (Wildman–Crippen MR) is 76.0 cm³/mol. The van der Waals surface area contributed by atoms with Gasteiger partial charge in [0.05, 0.1) is 0 Å². The fourth-order valence-corrected chi connectivity index (χ4v) is 4.16.